The molecule has 0 spiro atoms. The molecule has 1 aliphatic rings. The van der Waals surface area contributed by atoms with Gasteiger partial charge in [-0.25, -0.2) is 0 Å². The van der Waals surface area contributed by atoms with Gasteiger partial charge in [0.2, 0.25) is 0 Å². The van der Waals surface area contributed by atoms with Gasteiger partial charge in [0.25, 0.3) is 5.91 Å². The number of carbonyl (C=O) groups is 1. The lowest BCUT2D eigenvalue weighted by Crippen LogP contribution is -2.32. The van der Waals surface area contributed by atoms with Crippen LogP contribution in [0.3, 0.4) is 0 Å². The predicted octanol–water partition coefficient (Wildman–Crippen LogP) is 3.78. The zero-order valence-corrected chi connectivity index (χ0v) is 14.6. The highest BCUT2D eigenvalue weighted by Gasteiger charge is 2.29. The topological polar surface area (TPSA) is 34.5 Å². The SMILES string of the molecule is Cc1ccc2cc(C(=O)N3CCC(Oc4ccccc4)C3)n(C)c2c1. The molecule has 25 heavy (non-hydrogen) atoms. The number of benzene rings is 2. The summed E-state index contributed by atoms with van der Waals surface area (Å²) in [6.07, 6.45) is 0.923. The van der Waals surface area contributed by atoms with Crippen LogP contribution in [-0.4, -0.2) is 34.6 Å². The second kappa shape index (κ2) is 6.28. The molecule has 1 atom stereocenters. The van der Waals surface area contributed by atoms with Crippen LogP contribution in [0, 0.1) is 6.92 Å². The van der Waals surface area contributed by atoms with Gasteiger partial charge in [0.15, 0.2) is 0 Å². The fourth-order valence-electron chi connectivity index (χ4n) is 3.51. The van der Waals surface area contributed by atoms with Crippen molar-refractivity contribution in [3.05, 3.63) is 65.9 Å². The average Bonchev–Trinajstić information content (AvgIpc) is 3.21. The zero-order chi connectivity index (χ0) is 17.4. The van der Waals surface area contributed by atoms with Crippen LogP contribution < -0.4 is 4.74 Å². The summed E-state index contributed by atoms with van der Waals surface area (Å²) in [5, 5.41) is 1.10. The highest BCUT2D eigenvalue weighted by atomic mass is 16.5. The van der Waals surface area contributed by atoms with E-state index in [4.69, 9.17) is 4.74 Å². The van der Waals surface area contributed by atoms with Gasteiger partial charge in [-0.3, -0.25) is 4.79 Å². The minimum atomic E-state index is 0.0586. The molecule has 2 heterocycles. The first kappa shape index (κ1) is 15.8. The third-order valence-corrected chi connectivity index (χ3v) is 4.90. The summed E-state index contributed by atoms with van der Waals surface area (Å²) in [7, 11) is 1.96. The first-order valence-corrected chi connectivity index (χ1v) is 8.69. The van der Waals surface area contributed by atoms with E-state index in [1.54, 1.807) is 0 Å². The first-order chi connectivity index (χ1) is 12.1. The van der Waals surface area contributed by atoms with Gasteiger partial charge in [-0.15, -0.1) is 0 Å². The molecule has 3 aromatic rings. The van der Waals surface area contributed by atoms with Gasteiger partial charge in [-0.2, -0.15) is 0 Å². The summed E-state index contributed by atoms with van der Waals surface area (Å²) in [5.41, 5.74) is 3.03. The highest BCUT2D eigenvalue weighted by Crippen LogP contribution is 2.24. The van der Waals surface area contributed by atoms with Crippen molar-refractivity contribution in [1.82, 2.24) is 9.47 Å². The zero-order valence-electron chi connectivity index (χ0n) is 14.6. The Morgan fingerprint density at radius 1 is 1.12 bits per heavy atom. The summed E-state index contributed by atoms with van der Waals surface area (Å²) < 4.78 is 7.99. The smallest absolute Gasteiger partial charge is 0.270 e. The summed E-state index contributed by atoms with van der Waals surface area (Å²) >= 11 is 0. The van der Waals surface area contributed by atoms with Crippen LogP contribution in [0.2, 0.25) is 0 Å². The molecular weight excluding hydrogens is 312 g/mol. The average molecular weight is 334 g/mol. The van der Waals surface area contributed by atoms with E-state index < -0.39 is 0 Å². The van der Waals surface area contributed by atoms with Crippen LogP contribution in [0.5, 0.6) is 5.75 Å². The summed E-state index contributed by atoms with van der Waals surface area (Å²) in [6, 6.07) is 18.1. The minimum Gasteiger partial charge on any atom is -0.489 e. The van der Waals surface area contributed by atoms with Crippen molar-refractivity contribution < 1.29 is 9.53 Å². The van der Waals surface area contributed by atoms with E-state index in [-0.39, 0.29) is 12.0 Å². The lowest BCUT2D eigenvalue weighted by atomic mass is 10.2. The van der Waals surface area contributed by atoms with E-state index in [1.807, 2.05) is 52.9 Å². The number of hydrogen-bond acceptors (Lipinski definition) is 2. The molecular formula is C21H22N2O2. The van der Waals surface area contributed by atoms with E-state index in [0.29, 0.717) is 6.54 Å². The maximum absolute atomic E-state index is 13.0. The standard InChI is InChI=1S/C21H22N2O2/c1-15-8-9-16-13-20(22(2)19(16)12-15)21(24)23-11-10-18(14-23)25-17-6-4-3-5-7-17/h3-9,12-13,18H,10-11,14H2,1-2H3. The van der Waals surface area contributed by atoms with E-state index in [9.17, 15) is 4.79 Å². The predicted molar refractivity (Wildman–Crippen MR) is 99.0 cm³/mol. The molecule has 2 aromatic carbocycles. The Labute approximate surface area is 147 Å². The molecule has 4 nitrogen and oxygen atoms in total. The number of amides is 1. The molecule has 0 N–H and O–H groups in total. The Bertz CT molecular complexity index is 914. The normalized spacial score (nSPS) is 17.2. The molecule has 4 rings (SSSR count). The van der Waals surface area contributed by atoms with Crippen molar-refractivity contribution in [1.29, 1.82) is 0 Å². The van der Waals surface area contributed by atoms with Gasteiger partial charge < -0.3 is 14.2 Å². The van der Waals surface area contributed by atoms with Crippen LogP contribution in [0.25, 0.3) is 10.9 Å². The maximum Gasteiger partial charge on any atom is 0.270 e. The number of carbonyl (C=O) groups excluding carboxylic acids is 1. The fraction of sp³-hybridized carbons (Fsp3) is 0.286. The Morgan fingerprint density at radius 3 is 2.72 bits per heavy atom. The van der Waals surface area contributed by atoms with Crippen LogP contribution >= 0.6 is 0 Å². The number of aryl methyl sites for hydroxylation is 2. The number of fused-ring (bicyclic) bond motifs is 1. The first-order valence-electron chi connectivity index (χ1n) is 8.69. The second-order valence-corrected chi connectivity index (χ2v) is 6.74. The third kappa shape index (κ3) is 3.00. The number of aromatic nitrogens is 1. The van der Waals surface area contributed by atoms with Gasteiger partial charge in [0.05, 0.1) is 6.54 Å². The Morgan fingerprint density at radius 2 is 1.92 bits per heavy atom. The van der Waals surface area contributed by atoms with Crippen molar-refractivity contribution in [3.8, 4) is 5.75 Å². The minimum absolute atomic E-state index is 0.0586. The Kier molecular flexibility index (Phi) is 3.96. The van der Waals surface area contributed by atoms with Gasteiger partial charge in [-0.1, -0.05) is 30.3 Å². The molecule has 4 heteroatoms. The second-order valence-electron chi connectivity index (χ2n) is 6.74. The van der Waals surface area contributed by atoms with Crippen LogP contribution in [-0.2, 0) is 7.05 Å². The summed E-state index contributed by atoms with van der Waals surface area (Å²) in [4.78, 5) is 14.9. The lowest BCUT2D eigenvalue weighted by molar-refractivity contribution is 0.0763. The molecule has 128 valence electrons. The number of rotatable bonds is 3. The molecule has 1 unspecified atom stereocenters. The van der Waals surface area contributed by atoms with Crippen molar-refractivity contribution in [3.63, 3.8) is 0 Å². The fourth-order valence-corrected chi connectivity index (χ4v) is 3.51. The largest absolute Gasteiger partial charge is 0.489 e. The lowest BCUT2D eigenvalue weighted by Gasteiger charge is -2.17. The molecule has 1 aliphatic heterocycles. The van der Waals surface area contributed by atoms with Crippen LogP contribution in [0.15, 0.2) is 54.6 Å². The molecule has 1 aromatic heterocycles. The Hall–Kier alpha value is -2.75. The van der Waals surface area contributed by atoms with E-state index in [1.165, 1.54) is 5.56 Å². The number of likely N-dealkylation sites (tertiary alicyclic amines) is 1. The van der Waals surface area contributed by atoms with Crippen LogP contribution in [0.1, 0.15) is 22.5 Å². The molecule has 1 fully saturated rings. The van der Waals surface area contributed by atoms with Gasteiger partial charge in [0, 0.05) is 30.9 Å². The van der Waals surface area contributed by atoms with E-state index in [0.717, 1.165) is 35.3 Å². The number of hydrogen-bond donors (Lipinski definition) is 0. The van der Waals surface area contributed by atoms with Crippen molar-refractivity contribution in [2.75, 3.05) is 13.1 Å². The van der Waals surface area contributed by atoms with Crippen molar-refractivity contribution in [2.45, 2.75) is 19.4 Å². The molecule has 1 amide bonds. The summed E-state index contributed by atoms with van der Waals surface area (Å²) in [5.74, 6) is 0.942. The molecule has 0 bridgehead atoms. The Balaban J connectivity index is 1.51. The quantitative estimate of drug-likeness (QED) is 0.730. The number of nitrogens with zero attached hydrogens (tertiary/aromatic N) is 2. The van der Waals surface area contributed by atoms with E-state index >= 15 is 0 Å². The molecule has 0 saturated carbocycles. The van der Waals surface area contributed by atoms with Crippen molar-refractivity contribution in [2.24, 2.45) is 7.05 Å². The summed E-state index contributed by atoms with van der Waals surface area (Å²) in [6.45, 7) is 3.44. The van der Waals surface area contributed by atoms with E-state index in [2.05, 4.69) is 25.1 Å². The molecule has 0 aliphatic carbocycles. The van der Waals surface area contributed by atoms with Gasteiger partial charge >= 0.3 is 0 Å². The number of para-hydroxylation sites is 1. The van der Waals surface area contributed by atoms with Gasteiger partial charge in [0.1, 0.15) is 17.5 Å². The van der Waals surface area contributed by atoms with Crippen molar-refractivity contribution >= 4 is 16.8 Å². The highest BCUT2D eigenvalue weighted by molar-refractivity contribution is 5.99. The number of ether oxygens (including phenoxy) is 1. The molecule has 0 radical (unpaired) electrons. The maximum atomic E-state index is 13.0. The van der Waals surface area contributed by atoms with Crippen LogP contribution in [0.4, 0.5) is 0 Å². The molecule has 1 saturated heterocycles. The van der Waals surface area contributed by atoms with Gasteiger partial charge in [-0.05, 0) is 36.8 Å². The monoisotopic (exact) mass is 334 g/mol. The third-order valence-electron chi connectivity index (χ3n) is 4.90.